The lowest BCUT2D eigenvalue weighted by atomic mass is 10.0. The fourth-order valence-corrected chi connectivity index (χ4v) is 1.97. The summed E-state index contributed by atoms with van der Waals surface area (Å²) in [6.07, 6.45) is 16.6. The Morgan fingerprint density at radius 2 is 1.25 bits per heavy atom. The molecule has 0 aromatic carbocycles. The van der Waals surface area contributed by atoms with Gasteiger partial charge in [-0.1, -0.05) is 78.6 Å². The van der Waals surface area contributed by atoms with Crippen molar-refractivity contribution < 1.29 is 9.59 Å². The fourth-order valence-electron chi connectivity index (χ4n) is 1.97. The average Bonchev–Trinajstić information content (AvgIpc) is 2.48. The van der Waals surface area contributed by atoms with Crippen molar-refractivity contribution in [3.63, 3.8) is 0 Å². The summed E-state index contributed by atoms with van der Waals surface area (Å²) >= 11 is 0. The maximum atomic E-state index is 10.2. The first-order valence-corrected chi connectivity index (χ1v) is 8.61. The van der Waals surface area contributed by atoms with Crippen molar-refractivity contribution in [2.45, 2.75) is 97.8 Å². The molecule has 0 aliphatic rings. The van der Waals surface area contributed by atoms with Crippen LogP contribution in [0.15, 0.2) is 0 Å². The maximum absolute atomic E-state index is 10.2. The van der Waals surface area contributed by atoms with Crippen molar-refractivity contribution in [2.24, 2.45) is 5.92 Å². The molecular formula is C18H36O2. The summed E-state index contributed by atoms with van der Waals surface area (Å²) in [6, 6.07) is 0. The van der Waals surface area contributed by atoms with Crippen molar-refractivity contribution in [1.82, 2.24) is 0 Å². The van der Waals surface area contributed by atoms with Gasteiger partial charge < -0.3 is 9.59 Å². The second-order valence-corrected chi connectivity index (χ2v) is 5.69. The van der Waals surface area contributed by atoms with E-state index < -0.39 is 0 Å². The van der Waals surface area contributed by atoms with Gasteiger partial charge in [0.2, 0.25) is 0 Å². The monoisotopic (exact) mass is 284 g/mol. The minimum Gasteiger partial charge on any atom is -0.303 e. The van der Waals surface area contributed by atoms with Gasteiger partial charge in [0.1, 0.15) is 12.6 Å². The van der Waals surface area contributed by atoms with Crippen molar-refractivity contribution in [1.29, 1.82) is 0 Å². The number of carbonyl (C=O) groups excluding carboxylic acids is 2. The van der Waals surface area contributed by atoms with Gasteiger partial charge in [0, 0.05) is 12.3 Å². The van der Waals surface area contributed by atoms with Crippen LogP contribution in [0.5, 0.6) is 0 Å². The largest absolute Gasteiger partial charge is 0.303 e. The summed E-state index contributed by atoms with van der Waals surface area (Å²) in [6.45, 7) is 6.40. The van der Waals surface area contributed by atoms with Crippen LogP contribution in [0.25, 0.3) is 0 Å². The van der Waals surface area contributed by atoms with Crippen LogP contribution in [0.4, 0.5) is 0 Å². The standard InChI is InChI=1S/2C9H18O/c1-3-4-5-6-7-9(2)8-10;1-2-3-4-5-6-7-8-9-10/h8-9H,3-7H2,1-2H3;9H,2-8H2,1H3. The van der Waals surface area contributed by atoms with Gasteiger partial charge in [-0.05, 0) is 12.8 Å². The van der Waals surface area contributed by atoms with Gasteiger partial charge in [-0.15, -0.1) is 0 Å². The Morgan fingerprint density at radius 3 is 1.75 bits per heavy atom. The topological polar surface area (TPSA) is 34.1 Å². The first kappa shape index (κ1) is 21.6. The number of carbonyl (C=O) groups is 2. The third kappa shape index (κ3) is 22.5. The second-order valence-electron chi connectivity index (χ2n) is 5.69. The quantitative estimate of drug-likeness (QED) is 0.320. The number of hydrogen-bond donors (Lipinski definition) is 0. The molecule has 20 heavy (non-hydrogen) atoms. The van der Waals surface area contributed by atoms with Gasteiger partial charge in [0.15, 0.2) is 0 Å². The molecule has 0 fully saturated rings. The minimum absolute atomic E-state index is 0.275. The summed E-state index contributed by atoms with van der Waals surface area (Å²) in [5, 5.41) is 0. The summed E-state index contributed by atoms with van der Waals surface area (Å²) < 4.78 is 0. The number of unbranched alkanes of at least 4 members (excludes halogenated alkanes) is 9. The normalized spacial score (nSPS) is 11.3. The van der Waals surface area contributed by atoms with Crippen molar-refractivity contribution in [3.8, 4) is 0 Å². The Bertz CT molecular complexity index is 190. The van der Waals surface area contributed by atoms with E-state index in [-0.39, 0.29) is 5.92 Å². The van der Waals surface area contributed by atoms with Gasteiger partial charge in [0.25, 0.3) is 0 Å². The van der Waals surface area contributed by atoms with E-state index in [1.807, 2.05) is 6.92 Å². The molecule has 0 bridgehead atoms. The molecule has 0 amide bonds. The molecule has 120 valence electrons. The van der Waals surface area contributed by atoms with Crippen molar-refractivity contribution >= 4 is 12.6 Å². The second kappa shape index (κ2) is 20.7. The molecular weight excluding hydrogens is 248 g/mol. The lowest BCUT2D eigenvalue weighted by Gasteiger charge is -2.00. The van der Waals surface area contributed by atoms with Gasteiger partial charge in [0.05, 0.1) is 0 Å². The molecule has 0 radical (unpaired) electrons. The molecule has 0 N–H and O–H groups in total. The highest BCUT2D eigenvalue weighted by molar-refractivity contribution is 5.52. The molecule has 2 nitrogen and oxygen atoms in total. The van der Waals surface area contributed by atoms with E-state index in [1.165, 1.54) is 57.8 Å². The van der Waals surface area contributed by atoms with Crippen LogP contribution >= 0.6 is 0 Å². The molecule has 0 aliphatic carbocycles. The van der Waals surface area contributed by atoms with Gasteiger partial charge in [-0.3, -0.25) is 0 Å². The number of aldehydes is 2. The molecule has 0 saturated carbocycles. The van der Waals surface area contributed by atoms with E-state index in [0.717, 1.165) is 31.8 Å². The zero-order chi connectivity index (χ0) is 15.5. The molecule has 0 rings (SSSR count). The van der Waals surface area contributed by atoms with Crippen molar-refractivity contribution in [3.05, 3.63) is 0 Å². The van der Waals surface area contributed by atoms with Crippen LogP contribution in [-0.2, 0) is 9.59 Å². The molecule has 1 unspecified atom stereocenters. The number of rotatable bonds is 13. The molecule has 0 aromatic rings. The molecule has 0 saturated heterocycles. The first-order valence-electron chi connectivity index (χ1n) is 8.61. The summed E-state index contributed by atoms with van der Waals surface area (Å²) in [5.41, 5.74) is 0. The zero-order valence-electron chi connectivity index (χ0n) is 14.0. The smallest absolute Gasteiger partial charge is 0.122 e. The molecule has 0 aromatic heterocycles. The Balaban J connectivity index is 0. The van der Waals surface area contributed by atoms with E-state index in [9.17, 15) is 9.59 Å². The summed E-state index contributed by atoms with van der Waals surface area (Å²) in [7, 11) is 0. The summed E-state index contributed by atoms with van der Waals surface area (Å²) in [4.78, 5) is 20.1. The SMILES string of the molecule is CCCCCCC(C)C=O.CCCCCCCCC=O. The van der Waals surface area contributed by atoms with Crippen LogP contribution in [0.2, 0.25) is 0 Å². The van der Waals surface area contributed by atoms with E-state index in [1.54, 1.807) is 0 Å². The third-order valence-electron chi connectivity index (χ3n) is 3.42. The van der Waals surface area contributed by atoms with Crippen LogP contribution in [0, 0.1) is 5.92 Å². The lowest BCUT2D eigenvalue weighted by Crippen LogP contribution is -1.94. The third-order valence-corrected chi connectivity index (χ3v) is 3.42. The van der Waals surface area contributed by atoms with E-state index in [2.05, 4.69) is 13.8 Å². The average molecular weight is 284 g/mol. The van der Waals surface area contributed by atoms with E-state index >= 15 is 0 Å². The molecule has 0 spiro atoms. The van der Waals surface area contributed by atoms with Crippen LogP contribution in [0.3, 0.4) is 0 Å². The number of hydrogen-bond acceptors (Lipinski definition) is 2. The van der Waals surface area contributed by atoms with Crippen molar-refractivity contribution in [2.75, 3.05) is 0 Å². The molecule has 1 atom stereocenters. The van der Waals surface area contributed by atoms with Gasteiger partial charge >= 0.3 is 0 Å². The Hall–Kier alpha value is -0.660. The van der Waals surface area contributed by atoms with E-state index in [0.29, 0.717) is 0 Å². The highest BCUT2D eigenvalue weighted by Gasteiger charge is 1.97. The van der Waals surface area contributed by atoms with Gasteiger partial charge in [-0.25, -0.2) is 0 Å². The first-order chi connectivity index (χ1) is 9.72. The predicted molar refractivity (Wildman–Crippen MR) is 88.0 cm³/mol. The lowest BCUT2D eigenvalue weighted by molar-refractivity contribution is -0.111. The van der Waals surface area contributed by atoms with E-state index in [4.69, 9.17) is 0 Å². The zero-order valence-corrected chi connectivity index (χ0v) is 14.0. The molecule has 0 heterocycles. The highest BCUT2D eigenvalue weighted by Crippen LogP contribution is 2.07. The predicted octanol–water partition coefficient (Wildman–Crippen LogP) is 5.73. The molecule has 2 heteroatoms. The fraction of sp³-hybridized carbons (Fsp3) is 0.889. The molecule has 0 aliphatic heterocycles. The van der Waals surface area contributed by atoms with Crippen LogP contribution < -0.4 is 0 Å². The Labute approximate surface area is 126 Å². The summed E-state index contributed by atoms with van der Waals surface area (Å²) in [5.74, 6) is 0.275. The Kier molecular flexibility index (Phi) is 22.3. The van der Waals surface area contributed by atoms with Crippen LogP contribution in [0.1, 0.15) is 97.8 Å². The Morgan fingerprint density at radius 1 is 0.750 bits per heavy atom. The minimum atomic E-state index is 0.275. The van der Waals surface area contributed by atoms with Gasteiger partial charge in [-0.2, -0.15) is 0 Å². The maximum Gasteiger partial charge on any atom is 0.122 e. The highest BCUT2D eigenvalue weighted by atomic mass is 16.1. The van der Waals surface area contributed by atoms with Crippen LogP contribution in [-0.4, -0.2) is 12.6 Å².